The molecule has 52 heavy (non-hydrogen) atoms. The topological polar surface area (TPSA) is 405 Å². The van der Waals surface area contributed by atoms with E-state index in [9.17, 15) is 53.6 Å². The van der Waals surface area contributed by atoms with Crippen molar-refractivity contribution >= 4 is 57.9 Å². The van der Waals surface area contributed by atoms with Crippen LogP contribution < -0.4 is 27.0 Å². The molecule has 288 valence electrons. The van der Waals surface area contributed by atoms with Crippen LogP contribution in [0.2, 0.25) is 0 Å². The molecule has 3 aliphatic heterocycles. The van der Waals surface area contributed by atoms with Gasteiger partial charge < -0.3 is 60.9 Å². The number of phosphoric ester groups is 2. The summed E-state index contributed by atoms with van der Waals surface area (Å²) in [6.07, 6.45) is -11.0. The van der Waals surface area contributed by atoms with Gasteiger partial charge in [0.1, 0.15) is 60.8 Å². The normalized spacial score (nSPS) is 31.1. The van der Waals surface area contributed by atoms with E-state index in [-0.39, 0.29) is 41.1 Å². The third-order valence-electron chi connectivity index (χ3n) is 7.62. The fourth-order valence-electron chi connectivity index (χ4n) is 5.28. The number of nitrogens with two attached hydrogens (primary N) is 2. The molecular formula is C21H31N10O18P3. The molecule has 0 amide bonds. The zero-order valence-electron chi connectivity index (χ0n) is 26.1. The number of aromatic amines is 1. The van der Waals surface area contributed by atoms with Crippen molar-refractivity contribution in [3.05, 3.63) is 23.0 Å². The minimum Gasteiger partial charge on any atom is -0.387 e. The fraction of sp³-hybridized carbons (Fsp3) is 0.571. The van der Waals surface area contributed by atoms with Crippen LogP contribution >= 0.6 is 23.5 Å². The highest BCUT2D eigenvalue weighted by Gasteiger charge is 2.49. The lowest BCUT2D eigenvalue weighted by atomic mass is 10.1. The molecule has 0 radical (unpaired) electrons. The number of ether oxygens (including phenoxy) is 2. The first-order valence-electron chi connectivity index (χ1n) is 14.5. The van der Waals surface area contributed by atoms with Crippen LogP contribution in [0, 0.1) is 0 Å². The van der Waals surface area contributed by atoms with Crippen molar-refractivity contribution in [2.45, 2.75) is 49.1 Å². The Morgan fingerprint density at radius 1 is 0.904 bits per heavy atom. The number of fused-ring (bicyclic) bond motifs is 2. The minimum absolute atomic E-state index is 0.00756. The summed E-state index contributed by atoms with van der Waals surface area (Å²) in [7, 11) is -15.8. The van der Waals surface area contributed by atoms with Gasteiger partial charge in [0, 0.05) is 7.05 Å². The van der Waals surface area contributed by atoms with Crippen LogP contribution in [0.3, 0.4) is 0 Å². The van der Waals surface area contributed by atoms with Crippen molar-refractivity contribution in [3.63, 3.8) is 0 Å². The van der Waals surface area contributed by atoms with E-state index < -0.39 is 91.4 Å². The highest BCUT2D eigenvalue weighted by molar-refractivity contribution is 7.66. The number of imidazole rings is 1. The smallest absolute Gasteiger partial charge is 0.387 e. The van der Waals surface area contributed by atoms with Crippen molar-refractivity contribution in [2.75, 3.05) is 48.4 Å². The number of hydrogen-bond acceptors (Lipinski definition) is 23. The number of phosphoric acid groups is 3. The summed E-state index contributed by atoms with van der Waals surface area (Å²) < 4.78 is 66.6. The van der Waals surface area contributed by atoms with Crippen LogP contribution in [0.1, 0.15) is 6.23 Å². The summed E-state index contributed by atoms with van der Waals surface area (Å²) >= 11 is 0. The van der Waals surface area contributed by atoms with E-state index in [1.54, 1.807) is 0 Å². The highest BCUT2D eigenvalue weighted by Crippen LogP contribution is 2.67. The van der Waals surface area contributed by atoms with E-state index in [0.717, 1.165) is 11.4 Å². The third kappa shape index (κ3) is 7.84. The molecule has 3 aromatic rings. The number of hydroxylamine groups is 1. The Bertz CT molecular complexity index is 2020. The molecule has 2 saturated heterocycles. The minimum atomic E-state index is -5.98. The molecular weight excluding hydrogens is 773 g/mol. The van der Waals surface area contributed by atoms with E-state index in [2.05, 4.69) is 42.6 Å². The van der Waals surface area contributed by atoms with E-state index in [0.29, 0.717) is 0 Å². The molecule has 0 saturated carbocycles. The molecule has 3 aromatic heterocycles. The Balaban J connectivity index is 1.00. The van der Waals surface area contributed by atoms with Gasteiger partial charge in [-0.1, -0.05) is 0 Å². The Kier molecular flexibility index (Phi) is 10.5. The average molecular weight is 804 g/mol. The van der Waals surface area contributed by atoms with Gasteiger partial charge in [0.25, 0.3) is 5.56 Å². The van der Waals surface area contributed by atoms with Gasteiger partial charge in [-0.15, -0.1) is 0 Å². The second-order valence-electron chi connectivity index (χ2n) is 11.3. The van der Waals surface area contributed by atoms with Crippen molar-refractivity contribution in [2.24, 2.45) is 0 Å². The van der Waals surface area contributed by atoms with Gasteiger partial charge in [0.05, 0.1) is 19.5 Å². The maximum Gasteiger partial charge on any atom is 0.490 e. The summed E-state index contributed by atoms with van der Waals surface area (Å²) in [6.45, 7) is -2.24. The van der Waals surface area contributed by atoms with Gasteiger partial charge in [-0.3, -0.25) is 23.4 Å². The Morgan fingerprint density at radius 3 is 2.17 bits per heavy atom. The second-order valence-corrected chi connectivity index (χ2v) is 15.9. The largest absolute Gasteiger partial charge is 0.490 e. The van der Waals surface area contributed by atoms with Gasteiger partial charge in [-0.2, -0.15) is 13.6 Å². The number of nitrogens with one attached hydrogen (secondary N) is 1. The molecule has 28 nitrogen and oxygen atoms in total. The summed E-state index contributed by atoms with van der Waals surface area (Å²) in [4.78, 5) is 67.2. The Hall–Kier alpha value is -3.24. The number of hydrogen-bond donors (Lipinski definition) is 10. The van der Waals surface area contributed by atoms with E-state index in [1.165, 1.54) is 22.8 Å². The predicted octanol–water partition coefficient (Wildman–Crippen LogP) is -3.65. The highest BCUT2D eigenvalue weighted by atomic mass is 31.3. The number of anilines is 4. The number of aliphatic hydroxyl groups is 4. The molecule has 0 aliphatic carbocycles. The summed E-state index contributed by atoms with van der Waals surface area (Å²) in [5.74, 6) is -0.296. The molecule has 11 atom stereocenters. The van der Waals surface area contributed by atoms with E-state index in [1.807, 2.05) is 0 Å². The number of aliphatic hydroxyl groups excluding tert-OH is 4. The number of nitrogens with zero attached hydrogens (tertiary/aromatic N) is 7. The maximum absolute atomic E-state index is 12.5. The lowest BCUT2D eigenvalue weighted by Crippen LogP contribution is -2.39. The van der Waals surface area contributed by atoms with Gasteiger partial charge in [-0.25, -0.2) is 38.5 Å². The first-order valence-corrected chi connectivity index (χ1v) is 19.0. The molecule has 3 aliphatic rings. The SMILES string of the molecule is CN1CN(O[C@@H]2O[C@H](COP(=O)(O)OP(=O)(O)OP(=O)(O)OC[C@H]3O[C@@H](n4cnc5c(N)ncnc54)[C@H](O)[C@@H]3O)[C@@H](O)[C@H]2O)c2nc(N)[nH]c(=O)c21. The van der Waals surface area contributed by atoms with Crippen LogP contribution in [-0.4, -0.2) is 134 Å². The third-order valence-corrected chi connectivity index (χ3v) is 11.9. The molecule has 6 heterocycles. The van der Waals surface area contributed by atoms with E-state index >= 15 is 0 Å². The van der Waals surface area contributed by atoms with Crippen LogP contribution in [0.5, 0.6) is 0 Å². The average Bonchev–Trinajstić information content (AvgIpc) is 3.75. The van der Waals surface area contributed by atoms with Crippen LogP contribution in [0.4, 0.5) is 23.3 Å². The molecule has 3 unspecified atom stereocenters. The van der Waals surface area contributed by atoms with Gasteiger partial charge in [0.15, 0.2) is 23.5 Å². The summed E-state index contributed by atoms with van der Waals surface area (Å²) in [6, 6.07) is 0. The Morgan fingerprint density at radius 2 is 1.52 bits per heavy atom. The summed E-state index contributed by atoms with van der Waals surface area (Å²) in [5.41, 5.74) is 11.0. The summed E-state index contributed by atoms with van der Waals surface area (Å²) in [5, 5.41) is 42.8. The molecule has 0 aromatic carbocycles. The zero-order chi connectivity index (χ0) is 37.9. The molecule has 31 heteroatoms. The molecule has 12 N–H and O–H groups in total. The van der Waals surface area contributed by atoms with Crippen molar-refractivity contribution < 1.29 is 80.8 Å². The standard InChI is InChI=1S/C21H31N10O18P3/c1-29-6-31(17-10(29)18(36)28-21(23)27-17)47-20-14(35)12(33)8(46-20)3-44-51(39,40)49-52(41,42)48-50(37,38)43-2-7-11(32)13(34)19(45-7)30-5-26-9-15(22)24-4-25-16(9)30/h4-5,7-8,11-14,19-20,32-35H,2-3,6H2,1H3,(H,37,38)(H,39,40)(H,41,42)(H2,22,24,25)(H3,23,27,28,36)/t7-,8-,11-,12-,13-,14-,19-,20+/m1/s1. The van der Waals surface area contributed by atoms with Crippen LogP contribution in [-0.2, 0) is 45.7 Å². The second kappa shape index (κ2) is 14.2. The lowest BCUT2D eigenvalue weighted by molar-refractivity contribution is -0.175. The fourth-order valence-corrected chi connectivity index (χ4v) is 8.80. The molecule has 0 bridgehead atoms. The number of aromatic nitrogens is 6. The van der Waals surface area contributed by atoms with Gasteiger partial charge in [0.2, 0.25) is 12.2 Å². The first-order chi connectivity index (χ1) is 24.3. The molecule has 0 spiro atoms. The quantitative estimate of drug-likeness (QED) is 0.0745. The number of H-pyrrole nitrogens is 1. The van der Waals surface area contributed by atoms with Gasteiger partial charge in [-0.05, 0) is 0 Å². The number of rotatable bonds is 13. The number of nitrogen functional groups attached to an aromatic ring is 2. The maximum atomic E-state index is 12.5. The monoisotopic (exact) mass is 804 g/mol. The lowest BCUT2D eigenvalue weighted by Gasteiger charge is -2.23. The van der Waals surface area contributed by atoms with Crippen molar-refractivity contribution in [1.82, 2.24) is 29.5 Å². The zero-order valence-corrected chi connectivity index (χ0v) is 28.8. The molecule has 6 rings (SSSR count). The van der Waals surface area contributed by atoms with E-state index in [4.69, 9.17) is 25.8 Å². The van der Waals surface area contributed by atoms with Crippen LogP contribution in [0.15, 0.2) is 17.4 Å². The predicted molar refractivity (Wildman–Crippen MR) is 166 cm³/mol. The van der Waals surface area contributed by atoms with Crippen LogP contribution in [0.25, 0.3) is 11.2 Å². The van der Waals surface area contributed by atoms with Crippen molar-refractivity contribution in [3.8, 4) is 0 Å². The van der Waals surface area contributed by atoms with Crippen molar-refractivity contribution in [1.29, 1.82) is 0 Å². The Labute approximate surface area is 288 Å². The van der Waals surface area contributed by atoms with Gasteiger partial charge >= 0.3 is 23.5 Å². The first kappa shape index (κ1) is 38.5. The molecule has 2 fully saturated rings.